The number of anilines is 1. The van der Waals surface area contributed by atoms with Crippen molar-refractivity contribution in [3.05, 3.63) is 29.8 Å². The van der Waals surface area contributed by atoms with Gasteiger partial charge in [0, 0.05) is 24.3 Å². The van der Waals surface area contributed by atoms with Gasteiger partial charge in [-0.15, -0.1) is 0 Å². The van der Waals surface area contributed by atoms with Crippen LogP contribution in [-0.2, 0) is 6.42 Å². The molecular weight excluding hydrogens is 208 g/mol. The van der Waals surface area contributed by atoms with Crippen LogP contribution < -0.4 is 10.6 Å². The van der Waals surface area contributed by atoms with Crippen LogP contribution in [0.5, 0.6) is 0 Å². The predicted octanol–water partition coefficient (Wildman–Crippen LogP) is 2.96. The molecule has 1 saturated carbocycles. The van der Waals surface area contributed by atoms with Gasteiger partial charge >= 0.3 is 0 Å². The number of rotatable bonds is 6. The molecule has 2 heteroatoms. The first kappa shape index (κ1) is 12.4. The van der Waals surface area contributed by atoms with E-state index in [1.54, 1.807) is 0 Å². The molecule has 2 rings (SSSR count). The maximum atomic E-state index is 6.11. The summed E-state index contributed by atoms with van der Waals surface area (Å²) in [5.74, 6) is 0. The molecule has 0 atom stereocenters. The lowest BCUT2D eigenvalue weighted by Gasteiger charge is -2.21. The zero-order valence-electron chi connectivity index (χ0n) is 11.1. The van der Waals surface area contributed by atoms with Crippen molar-refractivity contribution in [2.75, 3.05) is 18.0 Å². The number of nitrogens with zero attached hydrogens (tertiary/aromatic N) is 1. The highest BCUT2D eigenvalue weighted by molar-refractivity contribution is 5.47. The Morgan fingerprint density at radius 1 is 1.12 bits per heavy atom. The third-order valence-corrected chi connectivity index (χ3v) is 3.87. The Bertz CT molecular complexity index is 348. The van der Waals surface area contributed by atoms with E-state index >= 15 is 0 Å². The van der Waals surface area contributed by atoms with Gasteiger partial charge in [-0.3, -0.25) is 0 Å². The average Bonchev–Trinajstić information content (AvgIpc) is 3.09. The fourth-order valence-corrected chi connectivity index (χ4v) is 2.27. The van der Waals surface area contributed by atoms with Crippen LogP contribution in [0.3, 0.4) is 0 Å². The molecule has 1 aromatic rings. The van der Waals surface area contributed by atoms with E-state index in [0.29, 0.717) is 0 Å². The van der Waals surface area contributed by atoms with Gasteiger partial charge in [-0.25, -0.2) is 0 Å². The molecular formula is C15H24N2. The zero-order valence-corrected chi connectivity index (χ0v) is 11.1. The van der Waals surface area contributed by atoms with Gasteiger partial charge in [-0.2, -0.15) is 0 Å². The van der Waals surface area contributed by atoms with Crippen molar-refractivity contribution >= 4 is 5.69 Å². The molecule has 0 aliphatic heterocycles. The Morgan fingerprint density at radius 2 is 1.71 bits per heavy atom. The van der Waals surface area contributed by atoms with E-state index in [9.17, 15) is 0 Å². The van der Waals surface area contributed by atoms with Gasteiger partial charge in [0.1, 0.15) is 0 Å². The summed E-state index contributed by atoms with van der Waals surface area (Å²) in [5.41, 5.74) is 9.03. The first-order valence-electron chi connectivity index (χ1n) is 6.79. The molecule has 17 heavy (non-hydrogen) atoms. The number of aryl methyl sites for hydroxylation is 1. The number of benzene rings is 1. The monoisotopic (exact) mass is 232 g/mol. The fraction of sp³-hybridized carbons (Fsp3) is 0.600. The van der Waals surface area contributed by atoms with Crippen LogP contribution in [0.2, 0.25) is 0 Å². The van der Waals surface area contributed by atoms with Gasteiger partial charge in [0.2, 0.25) is 0 Å². The minimum Gasteiger partial charge on any atom is -0.372 e. The van der Waals surface area contributed by atoms with Gasteiger partial charge < -0.3 is 10.6 Å². The Morgan fingerprint density at radius 3 is 2.18 bits per heavy atom. The SMILES string of the molecule is CCN(CC)c1ccc(CCC2(N)CC2)cc1. The molecule has 0 aromatic heterocycles. The van der Waals surface area contributed by atoms with Gasteiger partial charge in [-0.05, 0) is 57.2 Å². The molecule has 0 unspecified atom stereocenters. The van der Waals surface area contributed by atoms with E-state index in [1.165, 1.54) is 24.1 Å². The minimum atomic E-state index is 0.178. The van der Waals surface area contributed by atoms with Crippen molar-refractivity contribution in [1.29, 1.82) is 0 Å². The molecule has 94 valence electrons. The Balaban J connectivity index is 1.92. The summed E-state index contributed by atoms with van der Waals surface area (Å²) in [6.45, 7) is 6.54. The van der Waals surface area contributed by atoms with Crippen molar-refractivity contribution in [2.24, 2.45) is 5.73 Å². The van der Waals surface area contributed by atoms with Crippen LogP contribution in [0.4, 0.5) is 5.69 Å². The minimum absolute atomic E-state index is 0.178. The summed E-state index contributed by atoms with van der Waals surface area (Å²) in [6.07, 6.45) is 4.68. The molecule has 1 fully saturated rings. The standard InChI is InChI=1S/C15H24N2/c1-3-17(4-2)14-7-5-13(6-8-14)9-10-15(16)11-12-15/h5-8H,3-4,9-12,16H2,1-2H3. The maximum absolute atomic E-state index is 6.11. The van der Waals surface area contributed by atoms with Crippen molar-refractivity contribution in [2.45, 2.75) is 45.1 Å². The quantitative estimate of drug-likeness (QED) is 0.817. The summed E-state index contributed by atoms with van der Waals surface area (Å²) in [4.78, 5) is 2.37. The Hall–Kier alpha value is -1.02. The summed E-state index contributed by atoms with van der Waals surface area (Å²) < 4.78 is 0. The van der Waals surface area contributed by atoms with Crippen molar-refractivity contribution in [3.8, 4) is 0 Å². The normalized spacial score (nSPS) is 16.9. The zero-order chi connectivity index (χ0) is 12.3. The molecule has 0 amide bonds. The van der Waals surface area contributed by atoms with Gasteiger partial charge in [0.25, 0.3) is 0 Å². The number of hydrogen-bond acceptors (Lipinski definition) is 2. The average molecular weight is 232 g/mol. The molecule has 2 nitrogen and oxygen atoms in total. The van der Waals surface area contributed by atoms with E-state index in [1.807, 2.05) is 0 Å². The van der Waals surface area contributed by atoms with Gasteiger partial charge in [0.05, 0.1) is 0 Å². The van der Waals surface area contributed by atoms with Crippen LogP contribution in [0.15, 0.2) is 24.3 Å². The third-order valence-electron chi connectivity index (χ3n) is 3.87. The van der Waals surface area contributed by atoms with E-state index in [4.69, 9.17) is 5.73 Å². The molecule has 2 N–H and O–H groups in total. The predicted molar refractivity (Wildman–Crippen MR) is 74.5 cm³/mol. The van der Waals surface area contributed by atoms with Gasteiger partial charge in [0.15, 0.2) is 0 Å². The van der Waals surface area contributed by atoms with Crippen LogP contribution in [0, 0.1) is 0 Å². The number of hydrogen-bond donors (Lipinski definition) is 1. The van der Waals surface area contributed by atoms with Crippen molar-refractivity contribution in [1.82, 2.24) is 0 Å². The van der Waals surface area contributed by atoms with E-state index in [2.05, 4.69) is 43.0 Å². The second-order valence-corrected chi connectivity index (χ2v) is 5.20. The van der Waals surface area contributed by atoms with Crippen molar-refractivity contribution < 1.29 is 0 Å². The molecule has 0 saturated heterocycles. The Kier molecular flexibility index (Phi) is 3.72. The lowest BCUT2D eigenvalue weighted by Crippen LogP contribution is -2.22. The van der Waals surface area contributed by atoms with Crippen LogP contribution in [0.1, 0.15) is 38.7 Å². The maximum Gasteiger partial charge on any atom is 0.0366 e. The molecule has 0 spiro atoms. The molecule has 1 aromatic carbocycles. The van der Waals surface area contributed by atoms with E-state index < -0.39 is 0 Å². The fourth-order valence-electron chi connectivity index (χ4n) is 2.27. The largest absolute Gasteiger partial charge is 0.372 e. The first-order valence-corrected chi connectivity index (χ1v) is 6.79. The summed E-state index contributed by atoms with van der Waals surface area (Å²) >= 11 is 0. The lowest BCUT2D eigenvalue weighted by molar-refractivity contribution is 0.609. The molecule has 0 heterocycles. The Labute approximate surface area is 105 Å². The molecule has 0 bridgehead atoms. The highest BCUT2D eigenvalue weighted by Gasteiger charge is 2.37. The smallest absolute Gasteiger partial charge is 0.0366 e. The van der Waals surface area contributed by atoms with Crippen LogP contribution >= 0.6 is 0 Å². The second-order valence-electron chi connectivity index (χ2n) is 5.20. The molecule has 1 aliphatic rings. The number of nitrogens with two attached hydrogens (primary N) is 1. The lowest BCUT2D eigenvalue weighted by atomic mass is 10.0. The summed E-state index contributed by atoms with van der Waals surface area (Å²) in [7, 11) is 0. The summed E-state index contributed by atoms with van der Waals surface area (Å²) in [6, 6.07) is 8.97. The molecule has 0 radical (unpaired) electrons. The molecule has 1 aliphatic carbocycles. The highest BCUT2D eigenvalue weighted by Crippen LogP contribution is 2.36. The van der Waals surface area contributed by atoms with Crippen LogP contribution in [-0.4, -0.2) is 18.6 Å². The second kappa shape index (κ2) is 5.09. The van der Waals surface area contributed by atoms with Crippen molar-refractivity contribution in [3.63, 3.8) is 0 Å². The van der Waals surface area contributed by atoms with Crippen LogP contribution in [0.25, 0.3) is 0 Å². The topological polar surface area (TPSA) is 29.3 Å². The summed E-state index contributed by atoms with van der Waals surface area (Å²) in [5, 5.41) is 0. The first-order chi connectivity index (χ1) is 8.17. The van der Waals surface area contributed by atoms with E-state index in [-0.39, 0.29) is 5.54 Å². The highest BCUT2D eigenvalue weighted by atomic mass is 15.1. The third kappa shape index (κ3) is 3.22. The van der Waals surface area contributed by atoms with E-state index in [0.717, 1.165) is 25.9 Å². The van der Waals surface area contributed by atoms with Gasteiger partial charge in [-0.1, -0.05) is 12.1 Å².